The number of carbonyl (C=O) groups is 1. The largest absolute Gasteiger partial charge is 0.393 e. The molecule has 0 aliphatic heterocycles. The predicted molar refractivity (Wildman–Crippen MR) is 78.3 cm³/mol. The van der Waals surface area contributed by atoms with Crippen LogP contribution >= 0.6 is 0 Å². The Morgan fingerprint density at radius 1 is 1.48 bits per heavy atom. The Labute approximate surface area is 122 Å². The maximum absolute atomic E-state index is 11.6. The number of benzene rings is 1. The van der Waals surface area contributed by atoms with Gasteiger partial charge < -0.3 is 15.7 Å². The Morgan fingerprint density at radius 2 is 2.24 bits per heavy atom. The van der Waals surface area contributed by atoms with E-state index < -0.39 is 4.92 Å². The lowest BCUT2D eigenvalue weighted by atomic mass is 10.1. The molecule has 7 heteroatoms. The maximum Gasteiger partial charge on any atom is 0.292 e. The summed E-state index contributed by atoms with van der Waals surface area (Å²) in [6.45, 7) is 0.458. The molecule has 2 unspecified atom stereocenters. The van der Waals surface area contributed by atoms with Gasteiger partial charge in [-0.3, -0.25) is 14.9 Å². The van der Waals surface area contributed by atoms with Crippen molar-refractivity contribution in [2.24, 2.45) is 5.92 Å². The van der Waals surface area contributed by atoms with Crippen LogP contribution in [0.3, 0.4) is 0 Å². The number of carbonyl (C=O) groups excluding carboxylic acids is 1. The molecule has 0 heterocycles. The Balaban J connectivity index is 2.18. The smallest absolute Gasteiger partial charge is 0.292 e. The lowest BCUT2D eigenvalue weighted by molar-refractivity contribution is -0.384. The standard InChI is InChI=1S/C14H19N3O4/c1-15-14(19)9-5-6-12(17(20)21)11(7-9)16-8-10-3-2-4-13(10)18/h5-7,10,13,16,18H,2-4,8H2,1H3,(H,15,19). The second-order valence-corrected chi connectivity index (χ2v) is 5.21. The highest BCUT2D eigenvalue weighted by molar-refractivity contribution is 5.95. The van der Waals surface area contributed by atoms with Crippen LogP contribution in [0, 0.1) is 16.0 Å². The van der Waals surface area contributed by atoms with E-state index in [4.69, 9.17) is 0 Å². The zero-order chi connectivity index (χ0) is 15.4. The minimum absolute atomic E-state index is 0.0739. The van der Waals surface area contributed by atoms with Gasteiger partial charge in [0, 0.05) is 31.1 Å². The predicted octanol–water partition coefficient (Wildman–Crippen LogP) is 1.53. The van der Waals surface area contributed by atoms with Gasteiger partial charge in [-0.1, -0.05) is 6.42 Å². The average molecular weight is 293 g/mol. The highest BCUT2D eigenvalue weighted by Crippen LogP contribution is 2.29. The third-order valence-corrected chi connectivity index (χ3v) is 3.86. The van der Waals surface area contributed by atoms with E-state index in [9.17, 15) is 20.0 Å². The molecule has 7 nitrogen and oxygen atoms in total. The number of nitro benzene ring substituents is 1. The van der Waals surface area contributed by atoms with E-state index in [1.807, 2.05) is 0 Å². The molecule has 2 rings (SSSR count). The highest BCUT2D eigenvalue weighted by Gasteiger charge is 2.26. The average Bonchev–Trinajstić information content (AvgIpc) is 2.89. The molecule has 1 fully saturated rings. The van der Waals surface area contributed by atoms with Gasteiger partial charge in [-0.15, -0.1) is 0 Å². The molecule has 1 aliphatic rings. The first-order valence-corrected chi connectivity index (χ1v) is 6.95. The van der Waals surface area contributed by atoms with Gasteiger partial charge >= 0.3 is 0 Å². The molecule has 1 amide bonds. The van der Waals surface area contributed by atoms with Crippen LogP contribution in [-0.4, -0.2) is 35.6 Å². The van der Waals surface area contributed by atoms with Crippen molar-refractivity contribution in [3.8, 4) is 0 Å². The number of nitrogens with one attached hydrogen (secondary N) is 2. The fourth-order valence-electron chi connectivity index (χ4n) is 2.62. The molecule has 1 aliphatic carbocycles. The van der Waals surface area contributed by atoms with Crippen molar-refractivity contribution in [1.82, 2.24) is 5.32 Å². The van der Waals surface area contributed by atoms with E-state index in [1.54, 1.807) is 0 Å². The van der Waals surface area contributed by atoms with Gasteiger partial charge in [0.25, 0.3) is 11.6 Å². The number of aliphatic hydroxyl groups is 1. The number of anilines is 1. The molecule has 114 valence electrons. The van der Waals surface area contributed by atoms with E-state index in [0.717, 1.165) is 19.3 Å². The Bertz CT molecular complexity index is 547. The van der Waals surface area contributed by atoms with Crippen molar-refractivity contribution in [3.63, 3.8) is 0 Å². The fourth-order valence-corrected chi connectivity index (χ4v) is 2.62. The lowest BCUT2D eigenvalue weighted by Gasteiger charge is -2.16. The van der Waals surface area contributed by atoms with Crippen LogP contribution in [0.25, 0.3) is 0 Å². The van der Waals surface area contributed by atoms with Gasteiger partial charge in [0.15, 0.2) is 0 Å². The SMILES string of the molecule is CNC(=O)c1ccc([N+](=O)[O-])c(NCC2CCCC2O)c1. The van der Waals surface area contributed by atoms with Crippen molar-refractivity contribution in [2.45, 2.75) is 25.4 Å². The fraction of sp³-hybridized carbons (Fsp3) is 0.500. The van der Waals surface area contributed by atoms with Gasteiger partial charge in [-0.25, -0.2) is 0 Å². The third-order valence-electron chi connectivity index (χ3n) is 3.86. The summed E-state index contributed by atoms with van der Waals surface area (Å²) in [5, 5.41) is 26.3. The topological polar surface area (TPSA) is 104 Å². The van der Waals surface area contributed by atoms with Gasteiger partial charge in [0.05, 0.1) is 11.0 Å². The van der Waals surface area contributed by atoms with Gasteiger partial charge in [0.2, 0.25) is 0 Å². The van der Waals surface area contributed by atoms with Crippen LogP contribution in [-0.2, 0) is 0 Å². The third kappa shape index (κ3) is 3.49. The summed E-state index contributed by atoms with van der Waals surface area (Å²) in [6, 6.07) is 4.21. The second kappa shape index (κ2) is 6.53. The monoisotopic (exact) mass is 293 g/mol. The van der Waals surface area contributed by atoms with Crippen LogP contribution in [0.1, 0.15) is 29.6 Å². The number of aliphatic hydroxyl groups excluding tert-OH is 1. The summed E-state index contributed by atoms with van der Waals surface area (Å²) in [4.78, 5) is 22.2. The molecular weight excluding hydrogens is 274 g/mol. The molecule has 0 spiro atoms. The zero-order valence-corrected chi connectivity index (χ0v) is 11.8. The first-order valence-electron chi connectivity index (χ1n) is 6.95. The molecule has 21 heavy (non-hydrogen) atoms. The minimum Gasteiger partial charge on any atom is -0.393 e. The van der Waals surface area contributed by atoms with Gasteiger partial charge in [-0.2, -0.15) is 0 Å². The number of nitro groups is 1. The van der Waals surface area contributed by atoms with Crippen LogP contribution < -0.4 is 10.6 Å². The van der Waals surface area contributed by atoms with E-state index in [-0.39, 0.29) is 23.6 Å². The molecule has 1 aromatic carbocycles. The van der Waals surface area contributed by atoms with E-state index in [1.165, 1.54) is 25.2 Å². The molecule has 1 aromatic rings. The summed E-state index contributed by atoms with van der Waals surface area (Å²) >= 11 is 0. The van der Waals surface area contributed by atoms with Crippen LogP contribution in [0.2, 0.25) is 0 Å². The second-order valence-electron chi connectivity index (χ2n) is 5.21. The Morgan fingerprint density at radius 3 is 2.81 bits per heavy atom. The number of amides is 1. The lowest BCUT2D eigenvalue weighted by Crippen LogP contribution is -2.23. The van der Waals surface area contributed by atoms with E-state index in [0.29, 0.717) is 17.8 Å². The normalized spacial score (nSPS) is 21.0. The number of rotatable bonds is 5. The van der Waals surface area contributed by atoms with Gasteiger partial charge in [0.1, 0.15) is 5.69 Å². The molecule has 3 N–H and O–H groups in total. The first-order chi connectivity index (χ1) is 10.0. The Kier molecular flexibility index (Phi) is 4.74. The van der Waals surface area contributed by atoms with E-state index >= 15 is 0 Å². The summed E-state index contributed by atoms with van der Waals surface area (Å²) in [5.41, 5.74) is 0.591. The highest BCUT2D eigenvalue weighted by atomic mass is 16.6. The minimum atomic E-state index is -0.485. The molecule has 0 bridgehead atoms. The Hall–Kier alpha value is -2.15. The molecular formula is C14H19N3O4. The van der Waals surface area contributed by atoms with Crippen LogP contribution in [0.15, 0.2) is 18.2 Å². The van der Waals surface area contributed by atoms with Crippen molar-refractivity contribution in [3.05, 3.63) is 33.9 Å². The molecule has 1 saturated carbocycles. The van der Waals surface area contributed by atoms with Crippen molar-refractivity contribution < 1.29 is 14.8 Å². The number of hydrogen-bond acceptors (Lipinski definition) is 5. The number of hydrogen-bond donors (Lipinski definition) is 3. The first kappa shape index (κ1) is 15.2. The van der Waals surface area contributed by atoms with Crippen LogP contribution in [0.5, 0.6) is 0 Å². The zero-order valence-electron chi connectivity index (χ0n) is 11.8. The molecule has 0 radical (unpaired) electrons. The summed E-state index contributed by atoms with van der Waals surface area (Å²) in [5.74, 6) is -0.206. The molecule has 0 saturated heterocycles. The van der Waals surface area contributed by atoms with Crippen LogP contribution in [0.4, 0.5) is 11.4 Å². The quantitative estimate of drug-likeness (QED) is 0.564. The summed E-state index contributed by atoms with van der Waals surface area (Å²) < 4.78 is 0. The maximum atomic E-state index is 11.6. The number of nitrogens with zero attached hydrogens (tertiary/aromatic N) is 1. The van der Waals surface area contributed by atoms with Crippen molar-refractivity contribution in [1.29, 1.82) is 0 Å². The molecule has 2 atom stereocenters. The summed E-state index contributed by atoms with van der Waals surface area (Å²) in [6.07, 6.45) is 2.27. The van der Waals surface area contributed by atoms with Crippen molar-refractivity contribution in [2.75, 3.05) is 18.9 Å². The van der Waals surface area contributed by atoms with Gasteiger partial charge in [-0.05, 0) is 25.0 Å². The summed E-state index contributed by atoms with van der Waals surface area (Å²) in [7, 11) is 1.51. The van der Waals surface area contributed by atoms with E-state index in [2.05, 4.69) is 10.6 Å². The molecule has 0 aromatic heterocycles. The van der Waals surface area contributed by atoms with Crippen molar-refractivity contribution >= 4 is 17.3 Å².